The Morgan fingerprint density at radius 3 is 1.94 bits per heavy atom. The SMILES string of the molecule is CO[C@@H]1[C@H](F)CN(C(C)(C)C)[C@@H]1C(C)(C)C. The van der Waals surface area contributed by atoms with Gasteiger partial charge in [0.25, 0.3) is 0 Å². The van der Waals surface area contributed by atoms with Crippen LogP contribution in [-0.4, -0.2) is 42.4 Å². The highest BCUT2D eigenvalue weighted by atomic mass is 19.1. The van der Waals surface area contributed by atoms with Crippen LogP contribution in [0.4, 0.5) is 4.39 Å². The van der Waals surface area contributed by atoms with Crippen molar-refractivity contribution in [3.05, 3.63) is 0 Å². The van der Waals surface area contributed by atoms with Crippen LogP contribution in [0.3, 0.4) is 0 Å². The third kappa shape index (κ3) is 2.57. The fourth-order valence-electron chi connectivity index (χ4n) is 2.71. The molecule has 3 heteroatoms. The second-order valence-corrected chi connectivity index (χ2v) is 6.85. The lowest BCUT2D eigenvalue weighted by atomic mass is 9.82. The molecule has 1 rings (SSSR count). The van der Waals surface area contributed by atoms with E-state index in [0.717, 1.165) is 0 Å². The molecule has 0 spiro atoms. The molecule has 0 amide bonds. The summed E-state index contributed by atoms with van der Waals surface area (Å²) in [5.74, 6) is 0. The molecule has 0 aromatic rings. The minimum absolute atomic E-state index is 0.0183. The standard InChI is InChI=1S/C13H26FNO/c1-12(2,3)11-10(16-7)9(14)8-15(11)13(4,5)6/h9-11H,8H2,1-7H3/t9-,10-,11+/m1/s1. The van der Waals surface area contributed by atoms with Crippen molar-refractivity contribution < 1.29 is 9.13 Å². The van der Waals surface area contributed by atoms with Gasteiger partial charge in [-0.2, -0.15) is 0 Å². The van der Waals surface area contributed by atoms with Gasteiger partial charge in [-0.3, -0.25) is 4.90 Å². The van der Waals surface area contributed by atoms with Crippen LogP contribution in [0.2, 0.25) is 0 Å². The van der Waals surface area contributed by atoms with Crippen molar-refractivity contribution in [2.24, 2.45) is 5.41 Å². The van der Waals surface area contributed by atoms with Crippen LogP contribution in [0, 0.1) is 5.41 Å². The number of halogens is 1. The molecule has 0 unspecified atom stereocenters. The zero-order chi connectivity index (χ0) is 12.7. The molecule has 0 saturated carbocycles. The van der Waals surface area contributed by atoms with E-state index >= 15 is 0 Å². The predicted molar refractivity (Wildman–Crippen MR) is 65.4 cm³/mol. The van der Waals surface area contributed by atoms with Gasteiger partial charge in [0.2, 0.25) is 0 Å². The van der Waals surface area contributed by atoms with E-state index < -0.39 is 6.17 Å². The highest BCUT2D eigenvalue weighted by Crippen LogP contribution is 2.39. The highest BCUT2D eigenvalue weighted by molar-refractivity contribution is 5.03. The topological polar surface area (TPSA) is 12.5 Å². The first-order valence-electron chi connectivity index (χ1n) is 6.02. The van der Waals surface area contributed by atoms with Crippen LogP contribution in [0.1, 0.15) is 41.5 Å². The molecule has 0 radical (unpaired) electrons. The first-order chi connectivity index (χ1) is 7.09. The Hall–Kier alpha value is -0.150. The monoisotopic (exact) mass is 231 g/mol. The van der Waals surface area contributed by atoms with E-state index in [4.69, 9.17) is 4.74 Å². The number of alkyl halides is 1. The van der Waals surface area contributed by atoms with Crippen molar-refractivity contribution in [1.29, 1.82) is 0 Å². The Balaban J connectivity index is 3.03. The summed E-state index contributed by atoms with van der Waals surface area (Å²) < 4.78 is 19.4. The van der Waals surface area contributed by atoms with Gasteiger partial charge in [0.05, 0.1) is 0 Å². The Bertz CT molecular complexity index is 241. The lowest BCUT2D eigenvalue weighted by Gasteiger charge is -2.44. The zero-order valence-electron chi connectivity index (χ0n) is 11.7. The van der Waals surface area contributed by atoms with E-state index in [9.17, 15) is 4.39 Å². The fourth-order valence-corrected chi connectivity index (χ4v) is 2.71. The Morgan fingerprint density at radius 1 is 1.12 bits per heavy atom. The average Bonchev–Trinajstić information content (AvgIpc) is 2.40. The molecular weight excluding hydrogens is 205 g/mol. The van der Waals surface area contributed by atoms with Crippen molar-refractivity contribution in [2.45, 2.75) is 65.4 Å². The average molecular weight is 231 g/mol. The van der Waals surface area contributed by atoms with Crippen molar-refractivity contribution in [3.8, 4) is 0 Å². The summed E-state index contributed by atoms with van der Waals surface area (Å²) in [7, 11) is 1.61. The number of hydrogen-bond acceptors (Lipinski definition) is 2. The van der Waals surface area contributed by atoms with Crippen molar-refractivity contribution in [2.75, 3.05) is 13.7 Å². The molecule has 1 heterocycles. The molecule has 3 atom stereocenters. The summed E-state index contributed by atoms with van der Waals surface area (Å²) >= 11 is 0. The minimum atomic E-state index is -0.881. The molecule has 16 heavy (non-hydrogen) atoms. The minimum Gasteiger partial charge on any atom is -0.377 e. The summed E-state index contributed by atoms with van der Waals surface area (Å²) in [5, 5.41) is 0. The number of nitrogens with zero attached hydrogens (tertiary/aromatic N) is 1. The van der Waals surface area contributed by atoms with Gasteiger partial charge in [0.1, 0.15) is 12.3 Å². The molecule has 0 N–H and O–H groups in total. The summed E-state index contributed by atoms with van der Waals surface area (Å²) in [6.07, 6.45) is -1.19. The van der Waals surface area contributed by atoms with E-state index in [-0.39, 0.29) is 23.1 Å². The molecule has 1 aliphatic rings. The van der Waals surface area contributed by atoms with Gasteiger partial charge in [-0.15, -0.1) is 0 Å². The molecule has 1 fully saturated rings. The molecule has 0 aliphatic carbocycles. The number of ether oxygens (including phenoxy) is 1. The summed E-state index contributed by atoms with van der Waals surface area (Å²) in [6, 6.07) is 0.132. The van der Waals surface area contributed by atoms with E-state index in [0.29, 0.717) is 6.54 Å². The molecular formula is C13H26FNO. The van der Waals surface area contributed by atoms with Gasteiger partial charge in [-0.1, -0.05) is 20.8 Å². The molecule has 2 nitrogen and oxygen atoms in total. The fraction of sp³-hybridized carbons (Fsp3) is 1.00. The second-order valence-electron chi connectivity index (χ2n) is 6.85. The normalized spacial score (nSPS) is 33.4. The Morgan fingerprint density at radius 2 is 1.62 bits per heavy atom. The van der Waals surface area contributed by atoms with Crippen LogP contribution >= 0.6 is 0 Å². The maximum atomic E-state index is 14.0. The molecule has 0 aromatic heterocycles. The number of likely N-dealkylation sites (tertiary alicyclic amines) is 1. The van der Waals surface area contributed by atoms with Gasteiger partial charge in [-0.05, 0) is 26.2 Å². The van der Waals surface area contributed by atoms with Gasteiger partial charge in [0, 0.05) is 25.2 Å². The van der Waals surface area contributed by atoms with Gasteiger partial charge in [-0.25, -0.2) is 4.39 Å². The first kappa shape index (κ1) is 13.9. The summed E-state index contributed by atoms with van der Waals surface area (Å²) in [4.78, 5) is 2.24. The largest absolute Gasteiger partial charge is 0.377 e. The van der Waals surface area contributed by atoms with Crippen LogP contribution in [-0.2, 0) is 4.74 Å². The smallest absolute Gasteiger partial charge is 0.140 e. The second kappa shape index (κ2) is 4.26. The molecule has 1 saturated heterocycles. The maximum absolute atomic E-state index is 14.0. The molecule has 0 aromatic carbocycles. The third-order valence-electron chi connectivity index (χ3n) is 3.40. The summed E-state index contributed by atoms with van der Waals surface area (Å²) in [5.41, 5.74) is 0.00433. The molecule has 0 bridgehead atoms. The van der Waals surface area contributed by atoms with Crippen LogP contribution in [0.15, 0.2) is 0 Å². The van der Waals surface area contributed by atoms with E-state index in [2.05, 4.69) is 46.4 Å². The number of methoxy groups -OCH3 is 1. The third-order valence-corrected chi connectivity index (χ3v) is 3.40. The van der Waals surface area contributed by atoms with Crippen LogP contribution in [0.5, 0.6) is 0 Å². The van der Waals surface area contributed by atoms with Crippen molar-refractivity contribution >= 4 is 0 Å². The summed E-state index contributed by atoms with van der Waals surface area (Å²) in [6.45, 7) is 13.3. The quantitative estimate of drug-likeness (QED) is 0.688. The Kier molecular flexibility index (Phi) is 3.71. The lowest BCUT2D eigenvalue weighted by molar-refractivity contribution is -0.0257. The zero-order valence-corrected chi connectivity index (χ0v) is 11.7. The molecule has 96 valence electrons. The van der Waals surface area contributed by atoms with Gasteiger partial charge >= 0.3 is 0 Å². The van der Waals surface area contributed by atoms with Crippen molar-refractivity contribution in [3.63, 3.8) is 0 Å². The molecule has 1 aliphatic heterocycles. The van der Waals surface area contributed by atoms with Crippen LogP contribution < -0.4 is 0 Å². The van der Waals surface area contributed by atoms with Crippen LogP contribution in [0.25, 0.3) is 0 Å². The van der Waals surface area contributed by atoms with E-state index in [1.54, 1.807) is 7.11 Å². The maximum Gasteiger partial charge on any atom is 0.140 e. The van der Waals surface area contributed by atoms with Gasteiger partial charge in [0.15, 0.2) is 0 Å². The lowest BCUT2D eigenvalue weighted by Crippen LogP contribution is -2.53. The van der Waals surface area contributed by atoms with E-state index in [1.807, 2.05) is 0 Å². The van der Waals surface area contributed by atoms with Crippen molar-refractivity contribution in [1.82, 2.24) is 4.90 Å². The predicted octanol–water partition coefficient (Wildman–Crippen LogP) is 2.87. The Labute approximate surface area is 99.2 Å². The number of hydrogen-bond donors (Lipinski definition) is 0. The first-order valence-corrected chi connectivity index (χ1v) is 6.02. The van der Waals surface area contributed by atoms with Gasteiger partial charge < -0.3 is 4.74 Å². The highest BCUT2D eigenvalue weighted by Gasteiger charge is 2.51. The number of rotatable bonds is 1. The van der Waals surface area contributed by atoms with E-state index in [1.165, 1.54) is 0 Å².